The Morgan fingerprint density at radius 2 is 1.91 bits per heavy atom. The van der Waals surface area contributed by atoms with E-state index < -0.39 is 17.3 Å². The van der Waals surface area contributed by atoms with E-state index in [2.05, 4.69) is 20.4 Å². The fourth-order valence-corrected chi connectivity index (χ4v) is 3.62. The molecule has 0 aliphatic carbocycles. The molecule has 5 aromatic rings. The zero-order valence-electron chi connectivity index (χ0n) is 18.0. The van der Waals surface area contributed by atoms with Crippen molar-refractivity contribution in [3.05, 3.63) is 94.7 Å². The number of aryl methyl sites for hydroxylation is 1. The van der Waals surface area contributed by atoms with Gasteiger partial charge >= 0.3 is 0 Å². The Morgan fingerprint density at radius 1 is 1.09 bits per heavy atom. The van der Waals surface area contributed by atoms with Crippen LogP contribution in [0.4, 0.5) is 10.1 Å². The molecule has 0 aliphatic heterocycles. The molecule has 0 unspecified atom stereocenters. The van der Waals surface area contributed by atoms with Crippen molar-refractivity contribution in [1.29, 1.82) is 0 Å². The SMILES string of the molecule is Cc1ccc(NC(=O)Cn2c(=O)cc(-c3nc(-c4ccccn4)no3)c3ccccc32)cc1F. The highest BCUT2D eigenvalue weighted by Gasteiger charge is 2.18. The molecule has 0 aliphatic rings. The molecule has 9 heteroatoms. The predicted octanol–water partition coefficient (Wildman–Crippen LogP) is 4.20. The molecule has 34 heavy (non-hydrogen) atoms. The number of pyridine rings is 2. The van der Waals surface area contributed by atoms with Crippen LogP contribution in [0.15, 0.2) is 82.2 Å². The topological polar surface area (TPSA) is 103 Å². The molecule has 0 atom stereocenters. The van der Waals surface area contributed by atoms with E-state index in [9.17, 15) is 14.0 Å². The molecule has 1 amide bonds. The van der Waals surface area contributed by atoms with Crippen molar-refractivity contribution in [1.82, 2.24) is 19.7 Å². The van der Waals surface area contributed by atoms with Gasteiger partial charge in [-0.25, -0.2) is 4.39 Å². The van der Waals surface area contributed by atoms with Gasteiger partial charge in [0, 0.05) is 23.3 Å². The molecule has 1 N–H and O–H groups in total. The van der Waals surface area contributed by atoms with Crippen LogP contribution in [-0.4, -0.2) is 25.6 Å². The van der Waals surface area contributed by atoms with Crippen molar-refractivity contribution in [2.75, 3.05) is 5.32 Å². The van der Waals surface area contributed by atoms with Crippen LogP contribution in [0.3, 0.4) is 0 Å². The van der Waals surface area contributed by atoms with Crippen molar-refractivity contribution >= 4 is 22.5 Å². The fourth-order valence-electron chi connectivity index (χ4n) is 3.62. The fraction of sp³-hybridized carbons (Fsp3) is 0.0800. The van der Waals surface area contributed by atoms with E-state index in [0.29, 0.717) is 39.2 Å². The zero-order valence-corrected chi connectivity index (χ0v) is 18.0. The number of carbonyl (C=O) groups excluding carboxylic acids is 1. The summed E-state index contributed by atoms with van der Waals surface area (Å²) in [7, 11) is 0. The monoisotopic (exact) mass is 455 g/mol. The molecule has 2 aromatic carbocycles. The second kappa shape index (κ2) is 8.70. The molecular formula is C25H18FN5O3. The Bertz CT molecular complexity index is 1580. The lowest BCUT2D eigenvalue weighted by Gasteiger charge is -2.12. The highest BCUT2D eigenvalue weighted by atomic mass is 19.1. The summed E-state index contributed by atoms with van der Waals surface area (Å²) in [4.78, 5) is 34.3. The molecule has 0 saturated heterocycles. The lowest BCUT2D eigenvalue weighted by atomic mass is 10.1. The van der Waals surface area contributed by atoms with Gasteiger partial charge in [0.25, 0.3) is 11.4 Å². The van der Waals surface area contributed by atoms with Gasteiger partial charge in [0.2, 0.25) is 11.7 Å². The molecule has 0 saturated carbocycles. The van der Waals surface area contributed by atoms with Crippen molar-refractivity contribution in [2.24, 2.45) is 0 Å². The van der Waals surface area contributed by atoms with Gasteiger partial charge in [0.1, 0.15) is 18.1 Å². The van der Waals surface area contributed by atoms with E-state index in [1.54, 1.807) is 55.6 Å². The summed E-state index contributed by atoms with van der Waals surface area (Å²) in [5.74, 6) is -0.415. The second-order valence-electron chi connectivity index (χ2n) is 7.65. The minimum absolute atomic E-state index is 0.167. The van der Waals surface area contributed by atoms with Gasteiger partial charge in [-0.1, -0.05) is 35.5 Å². The summed E-state index contributed by atoms with van der Waals surface area (Å²) >= 11 is 0. The van der Waals surface area contributed by atoms with E-state index in [4.69, 9.17) is 4.52 Å². The van der Waals surface area contributed by atoms with Crippen LogP contribution in [0, 0.1) is 12.7 Å². The Morgan fingerprint density at radius 3 is 2.71 bits per heavy atom. The van der Waals surface area contributed by atoms with E-state index in [1.165, 1.54) is 16.7 Å². The molecule has 0 radical (unpaired) electrons. The summed E-state index contributed by atoms with van der Waals surface area (Å²) in [6.45, 7) is 1.38. The number of hydrogen-bond acceptors (Lipinski definition) is 6. The van der Waals surface area contributed by atoms with Gasteiger partial charge in [0.15, 0.2) is 0 Å². The first kappa shape index (κ1) is 21.2. The van der Waals surface area contributed by atoms with Crippen LogP contribution in [0.2, 0.25) is 0 Å². The first-order chi connectivity index (χ1) is 16.5. The molecule has 0 bridgehead atoms. The number of carbonyl (C=O) groups is 1. The minimum atomic E-state index is -0.460. The zero-order chi connectivity index (χ0) is 23.7. The number of anilines is 1. The number of nitrogens with zero attached hydrogens (tertiary/aromatic N) is 4. The van der Waals surface area contributed by atoms with E-state index in [0.717, 1.165) is 0 Å². The van der Waals surface area contributed by atoms with E-state index in [1.807, 2.05) is 12.1 Å². The van der Waals surface area contributed by atoms with Gasteiger partial charge in [-0.3, -0.25) is 19.1 Å². The Labute approximate surface area is 192 Å². The van der Waals surface area contributed by atoms with E-state index >= 15 is 0 Å². The summed E-state index contributed by atoms with van der Waals surface area (Å²) in [5.41, 5.74) is 1.88. The number of amides is 1. The number of nitrogens with one attached hydrogen (secondary N) is 1. The third-order valence-electron chi connectivity index (χ3n) is 5.33. The third-order valence-corrected chi connectivity index (χ3v) is 5.33. The third kappa shape index (κ3) is 4.06. The number of fused-ring (bicyclic) bond motifs is 1. The average Bonchev–Trinajstić information content (AvgIpc) is 3.34. The van der Waals surface area contributed by atoms with Crippen LogP contribution < -0.4 is 10.9 Å². The highest BCUT2D eigenvalue weighted by Crippen LogP contribution is 2.27. The van der Waals surface area contributed by atoms with Crippen molar-refractivity contribution in [2.45, 2.75) is 13.5 Å². The first-order valence-electron chi connectivity index (χ1n) is 10.4. The van der Waals surface area contributed by atoms with E-state index in [-0.39, 0.29) is 12.4 Å². The second-order valence-corrected chi connectivity index (χ2v) is 7.65. The molecule has 5 rings (SSSR count). The van der Waals surface area contributed by atoms with Gasteiger partial charge in [0.05, 0.1) is 11.1 Å². The van der Waals surface area contributed by atoms with Crippen LogP contribution in [0.25, 0.3) is 33.9 Å². The number of rotatable bonds is 5. The molecule has 8 nitrogen and oxygen atoms in total. The van der Waals surface area contributed by atoms with Crippen molar-refractivity contribution in [3.8, 4) is 23.0 Å². The molecule has 0 fully saturated rings. The molecule has 168 valence electrons. The Balaban J connectivity index is 1.50. The van der Waals surface area contributed by atoms with Gasteiger partial charge < -0.3 is 9.84 Å². The van der Waals surface area contributed by atoms with Crippen LogP contribution in [0.5, 0.6) is 0 Å². The number of benzene rings is 2. The Hall–Kier alpha value is -4.66. The van der Waals surface area contributed by atoms with Crippen LogP contribution in [0.1, 0.15) is 5.56 Å². The van der Waals surface area contributed by atoms with Gasteiger partial charge in [-0.05, 0) is 42.8 Å². The standard InChI is InChI=1S/C25H18FN5O3/c1-15-9-10-16(12-19(15)26)28-22(32)14-31-21-8-3-2-6-17(21)18(13-23(31)33)25-29-24(30-34-25)20-7-4-5-11-27-20/h2-13H,14H2,1H3,(H,28,32). The molecule has 0 spiro atoms. The highest BCUT2D eigenvalue weighted by molar-refractivity contribution is 5.95. The lowest BCUT2D eigenvalue weighted by Crippen LogP contribution is -2.27. The van der Waals surface area contributed by atoms with Crippen molar-refractivity contribution < 1.29 is 13.7 Å². The largest absolute Gasteiger partial charge is 0.334 e. The summed E-state index contributed by atoms with van der Waals surface area (Å²) in [6.07, 6.45) is 1.62. The number of para-hydroxylation sites is 1. The quantitative estimate of drug-likeness (QED) is 0.426. The van der Waals surface area contributed by atoms with Crippen molar-refractivity contribution in [3.63, 3.8) is 0 Å². The maximum Gasteiger partial charge on any atom is 0.259 e. The molecular weight excluding hydrogens is 437 g/mol. The number of halogens is 1. The summed E-state index contributed by atoms with van der Waals surface area (Å²) in [6, 6.07) is 18.2. The first-order valence-corrected chi connectivity index (χ1v) is 10.4. The summed E-state index contributed by atoms with van der Waals surface area (Å²) < 4.78 is 20.6. The lowest BCUT2D eigenvalue weighted by molar-refractivity contribution is -0.116. The summed E-state index contributed by atoms with van der Waals surface area (Å²) in [5, 5.41) is 7.27. The van der Waals surface area contributed by atoms with Gasteiger partial charge in [-0.15, -0.1) is 0 Å². The minimum Gasteiger partial charge on any atom is -0.334 e. The number of hydrogen-bond donors (Lipinski definition) is 1. The maximum atomic E-state index is 13.8. The smallest absolute Gasteiger partial charge is 0.259 e. The Kier molecular flexibility index (Phi) is 5.43. The molecule has 3 aromatic heterocycles. The normalized spacial score (nSPS) is 11.0. The van der Waals surface area contributed by atoms with Crippen LogP contribution >= 0.6 is 0 Å². The molecule has 3 heterocycles. The maximum absolute atomic E-state index is 13.8. The predicted molar refractivity (Wildman–Crippen MR) is 124 cm³/mol. The number of aromatic nitrogens is 4. The average molecular weight is 455 g/mol. The van der Waals surface area contributed by atoms with Gasteiger partial charge in [-0.2, -0.15) is 4.98 Å². The van der Waals surface area contributed by atoms with Crippen LogP contribution in [-0.2, 0) is 11.3 Å².